The van der Waals surface area contributed by atoms with Crippen LogP contribution in [0.1, 0.15) is 30.4 Å². The molecule has 4 nitrogen and oxygen atoms in total. The van der Waals surface area contributed by atoms with Crippen molar-refractivity contribution in [3.05, 3.63) is 52.3 Å². The first-order chi connectivity index (χ1) is 12.9. The summed E-state index contributed by atoms with van der Waals surface area (Å²) in [4.78, 5) is 14.2. The SMILES string of the molecule is Cc1cc(OCC(=O)Nc2ccc(N3CCCCC3)c(F)c2)cc(C)c1Cl. The van der Waals surface area contributed by atoms with Crippen LogP contribution in [0.5, 0.6) is 5.75 Å². The van der Waals surface area contributed by atoms with Crippen LogP contribution < -0.4 is 15.0 Å². The molecule has 0 aliphatic carbocycles. The van der Waals surface area contributed by atoms with Gasteiger partial charge in [-0.2, -0.15) is 0 Å². The second-order valence-corrected chi connectivity index (χ2v) is 7.30. The number of aryl methyl sites for hydroxylation is 2. The lowest BCUT2D eigenvalue weighted by Gasteiger charge is -2.29. The van der Waals surface area contributed by atoms with E-state index in [2.05, 4.69) is 10.2 Å². The highest BCUT2D eigenvalue weighted by atomic mass is 35.5. The Labute approximate surface area is 164 Å². The highest BCUT2D eigenvalue weighted by Gasteiger charge is 2.15. The minimum absolute atomic E-state index is 0.157. The minimum atomic E-state index is -0.342. The fourth-order valence-electron chi connectivity index (χ4n) is 3.31. The van der Waals surface area contributed by atoms with Gasteiger partial charge in [0.2, 0.25) is 0 Å². The average Bonchev–Trinajstić information content (AvgIpc) is 2.65. The summed E-state index contributed by atoms with van der Waals surface area (Å²) in [6, 6.07) is 8.38. The number of anilines is 2. The van der Waals surface area contributed by atoms with Crippen LogP contribution in [-0.2, 0) is 4.79 Å². The summed E-state index contributed by atoms with van der Waals surface area (Å²) in [5, 5.41) is 3.37. The number of hydrogen-bond acceptors (Lipinski definition) is 3. The molecular weight excluding hydrogens is 367 g/mol. The van der Waals surface area contributed by atoms with Crippen LogP contribution in [0.4, 0.5) is 15.8 Å². The lowest BCUT2D eigenvalue weighted by atomic mass is 10.1. The number of benzene rings is 2. The van der Waals surface area contributed by atoms with Crippen LogP contribution in [0.15, 0.2) is 30.3 Å². The van der Waals surface area contributed by atoms with E-state index in [0.29, 0.717) is 22.1 Å². The quantitative estimate of drug-likeness (QED) is 0.771. The maximum Gasteiger partial charge on any atom is 0.262 e. The first-order valence-electron chi connectivity index (χ1n) is 9.18. The number of amides is 1. The number of carbonyl (C=O) groups is 1. The summed E-state index contributed by atoms with van der Waals surface area (Å²) in [6.45, 7) is 5.35. The van der Waals surface area contributed by atoms with E-state index >= 15 is 0 Å². The smallest absolute Gasteiger partial charge is 0.262 e. The van der Waals surface area contributed by atoms with E-state index in [-0.39, 0.29) is 18.3 Å². The van der Waals surface area contributed by atoms with E-state index in [4.69, 9.17) is 16.3 Å². The standard InChI is InChI=1S/C21H24ClFN2O2/c1-14-10-17(11-15(2)21(14)22)27-13-20(26)24-16-6-7-19(18(23)12-16)25-8-4-3-5-9-25/h6-7,10-12H,3-5,8-9,13H2,1-2H3,(H,24,26). The van der Waals surface area contributed by atoms with Crippen molar-refractivity contribution < 1.29 is 13.9 Å². The molecule has 1 amide bonds. The van der Waals surface area contributed by atoms with E-state index in [9.17, 15) is 9.18 Å². The molecule has 6 heteroatoms. The molecule has 0 unspecified atom stereocenters. The molecule has 0 bridgehead atoms. The van der Waals surface area contributed by atoms with Crippen LogP contribution in [0.2, 0.25) is 5.02 Å². The van der Waals surface area contributed by atoms with Gasteiger partial charge in [-0.3, -0.25) is 4.79 Å². The average molecular weight is 391 g/mol. The van der Waals surface area contributed by atoms with Crippen molar-refractivity contribution in [1.29, 1.82) is 0 Å². The highest BCUT2D eigenvalue weighted by molar-refractivity contribution is 6.32. The number of piperidine rings is 1. The highest BCUT2D eigenvalue weighted by Crippen LogP contribution is 2.27. The first kappa shape index (κ1) is 19.5. The van der Waals surface area contributed by atoms with Gasteiger partial charge in [-0.15, -0.1) is 0 Å². The fourth-order valence-corrected chi connectivity index (χ4v) is 3.42. The Morgan fingerprint density at radius 1 is 1.15 bits per heavy atom. The number of rotatable bonds is 5. The number of hydrogen-bond donors (Lipinski definition) is 1. The Hall–Kier alpha value is -2.27. The zero-order chi connectivity index (χ0) is 19.4. The van der Waals surface area contributed by atoms with E-state index in [1.165, 1.54) is 12.5 Å². The van der Waals surface area contributed by atoms with E-state index < -0.39 is 0 Å². The molecule has 1 aliphatic rings. The molecule has 144 valence electrons. The predicted octanol–water partition coefficient (Wildman–Crippen LogP) is 5.10. The van der Waals surface area contributed by atoms with Crippen molar-refractivity contribution in [3.63, 3.8) is 0 Å². The van der Waals surface area contributed by atoms with Gasteiger partial charge < -0.3 is 15.0 Å². The van der Waals surface area contributed by atoms with Crippen LogP contribution in [0.3, 0.4) is 0 Å². The molecular formula is C21H24ClFN2O2. The molecule has 0 spiro atoms. The topological polar surface area (TPSA) is 41.6 Å². The summed E-state index contributed by atoms with van der Waals surface area (Å²) in [6.07, 6.45) is 3.36. The van der Waals surface area contributed by atoms with Gasteiger partial charge >= 0.3 is 0 Å². The molecule has 1 fully saturated rings. The Morgan fingerprint density at radius 2 is 1.81 bits per heavy atom. The van der Waals surface area contributed by atoms with Crippen LogP contribution >= 0.6 is 11.6 Å². The largest absolute Gasteiger partial charge is 0.484 e. The molecule has 3 rings (SSSR count). The molecule has 2 aromatic rings. The molecule has 1 heterocycles. The Morgan fingerprint density at radius 3 is 2.44 bits per heavy atom. The first-order valence-corrected chi connectivity index (χ1v) is 9.56. The summed E-state index contributed by atoms with van der Waals surface area (Å²) in [5.41, 5.74) is 2.80. The van der Waals surface area contributed by atoms with Crippen molar-refractivity contribution in [1.82, 2.24) is 0 Å². The van der Waals surface area contributed by atoms with E-state index in [1.54, 1.807) is 24.3 Å². The second-order valence-electron chi connectivity index (χ2n) is 6.92. The Balaban J connectivity index is 1.58. The van der Waals surface area contributed by atoms with Gasteiger partial charge in [0.05, 0.1) is 5.69 Å². The summed E-state index contributed by atoms with van der Waals surface area (Å²) >= 11 is 6.13. The van der Waals surface area contributed by atoms with Crippen LogP contribution in [0.25, 0.3) is 0 Å². The van der Waals surface area contributed by atoms with Crippen LogP contribution in [0, 0.1) is 19.7 Å². The van der Waals surface area contributed by atoms with Crippen molar-refractivity contribution in [2.24, 2.45) is 0 Å². The second kappa shape index (κ2) is 8.61. The third-order valence-electron chi connectivity index (χ3n) is 4.71. The molecule has 0 aromatic heterocycles. The molecule has 27 heavy (non-hydrogen) atoms. The van der Waals surface area contributed by atoms with Gasteiger partial charge in [-0.25, -0.2) is 4.39 Å². The molecule has 2 aromatic carbocycles. The number of halogens is 2. The van der Waals surface area contributed by atoms with Crippen LogP contribution in [-0.4, -0.2) is 25.6 Å². The number of ether oxygens (including phenoxy) is 1. The summed E-state index contributed by atoms with van der Waals surface area (Å²) < 4.78 is 20.0. The van der Waals surface area contributed by atoms with Gasteiger partial charge in [-0.05, 0) is 74.6 Å². The lowest BCUT2D eigenvalue weighted by molar-refractivity contribution is -0.118. The zero-order valence-corrected chi connectivity index (χ0v) is 16.4. The van der Waals surface area contributed by atoms with Gasteiger partial charge in [0.15, 0.2) is 6.61 Å². The maximum absolute atomic E-state index is 14.4. The zero-order valence-electron chi connectivity index (χ0n) is 15.6. The fraction of sp³-hybridized carbons (Fsp3) is 0.381. The van der Waals surface area contributed by atoms with Gasteiger partial charge in [0, 0.05) is 23.8 Å². The van der Waals surface area contributed by atoms with Crippen molar-refractivity contribution >= 4 is 28.9 Å². The normalized spacial score (nSPS) is 14.1. The number of nitrogens with zero attached hydrogens (tertiary/aromatic N) is 1. The van der Waals surface area contributed by atoms with Gasteiger partial charge in [0.25, 0.3) is 5.91 Å². The lowest BCUT2D eigenvalue weighted by Crippen LogP contribution is -2.30. The Kier molecular flexibility index (Phi) is 6.22. The van der Waals surface area contributed by atoms with Crippen molar-refractivity contribution in [3.8, 4) is 5.75 Å². The predicted molar refractivity (Wildman–Crippen MR) is 108 cm³/mol. The molecule has 1 aliphatic heterocycles. The maximum atomic E-state index is 14.4. The van der Waals surface area contributed by atoms with Gasteiger partial charge in [-0.1, -0.05) is 11.6 Å². The Bertz CT molecular complexity index is 812. The molecule has 1 saturated heterocycles. The number of nitrogens with one attached hydrogen (secondary N) is 1. The van der Waals surface area contributed by atoms with Crippen molar-refractivity contribution in [2.75, 3.05) is 29.9 Å². The van der Waals surface area contributed by atoms with Crippen molar-refractivity contribution in [2.45, 2.75) is 33.1 Å². The molecule has 0 atom stereocenters. The third-order valence-corrected chi connectivity index (χ3v) is 5.30. The van der Waals surface area contributed by atoms with E-state index in [0.717, 1.165) is 37.1 Å². The van der Waals surface area contributed by atoms with Gasteiger partial charge in [0.1, 0.15) is 11.6 Å². The third kappa shape index (κ3) is 4.92. The molecule has 1 N–H and O–H groups in total. The summed E-state index contributed by atoms with van der Waals surface area (Å²) in [7, 11) is 0. The minimum Gasteiger partial charge on any atom is -0.484 e. The number of carbonyl (C=O) groups excluding carboxylic acids is 1. The summed E-state index contributed by atoms with van der Waals surface area (Å²) in [5.74, 6) is -0.0823. The van der Waals surface area contributed by atoms with E-state index in [1.807, 2.05) is 13.8 Å². The molecule has 0 radical (unpaired) electrons. The molecule has 0 saturated carbocycles. The monoisotopic (exact) mass is 390 g/mol.